The van der Waals surface area contributed by atoms with Gasteiger partial charge < -0.3 is 9.53 Å². The van der Waals surface area contributed by atoms with Crippen LogP contribution in [0.25, 0.3) is 0 Å². The molecule has 1 aliphatic carbocycles. The highest BCUT2D eigenvalue weighted by molar-refractivity contribution is 7.92. The van der Waals surface area contributed by atoms with Crippen molar-refractivity contribution in [3.8, 4) is 0 Å². The molecule has 0 aliphatic heterocycles. The molecule has 0 spiro atoms. The number of rotatable bonds is 8. The minimum atomic E-state index is -5.95. The van der Waals surface area contributed by atoms with E-state index in [1.807, 2.05) is 0 Å². The molecule has 1 aliphatic rings. The number of hydrogen-bond acceptors (Lipinski definition) is 5. The van der Waals surface area contributed by atoms with Crippen LogP contribution in [0.4, 0.5) is 26.3 Å². The first-order chi connectivity index (χ1) is 19.2. The molecule has 3 aromatic rings. The van der Waals surface area contributed by atoms with Crippen LogP contribution < -0.4 is 0 Å². The molecule has 5 nitrogen and oxygen atoms in total. The maximum Gasteiger partial charge on any atom is 0.430 e. The summed E-state index contributed by atoms with van der Waals surface area (Å²) in [6, 6.07) is 16.9. The Kier molecular flexibility index (Phi) is 8.21. The van der Waals surface area contributed by atoms with Gasteiger partial charge in [-0.25, -0.2) is 8.42 Å². The van der Waals surface area contributed by atoms with Gasteiger partial charge in [0.15, 0.2) is 9.84 Å². The fourth-order valence-electron chi connectivity index (χ4n) is 5.20. The molecule has 41 heavy (non-hydrogen) atoms. The summed E-state index contributed by atoms with van der Waals surface area (Å²) >= 11 is 0. The molecule has 0 aromatic heterocycles. The van der Waals surface area contributed by atoms with Gasteiger partial charge in [0, 0.05) is 12.0 Å². The summed E-state index contributed by atoms with van der Waals surface area (Å²) in [5, 5.41) is 0. The largest absolute Gasteiger partial charge is 0.430 e. The Hall–Kier alpha value is -3.51. The van der Waals surface area contributed by atoms with Crippen LogP contribution in [0.3, 0.4) is 0 Å². The first-order valence-corrected chi connectivity index (χ1v) is 13.9. The monoisotopic (exact) mass is 598 g/mol. The minimum Gasteiger partial charge on any atom is -0.349 e. The zero-order valence-corrected chi connectivity index (χ0v) is 22.1. The average Bonchev–Trinajstić information content (AvgIpc) is 2.93. The molecule has 2 atom stereocenters. The van der Waals surface area contributed by atoms with Crippen molar-refractivity contribution >= 4 is 21.9 Å². The van der Waals surface area contributed by atoms with Gasteiger partial charge in [-0.3, -0.25) is 4.79 Å². The van der Waals surface area contributed by atoms with E-state index < -0.39 is 62.8 Å². The Morgan fingerprint density at radius 2 is 1.37 bits per heavy atom. The van der Waals surface area contributed by atoms with Gasteiger partial charge in [-0.2, -0.15) is 26.3 Å². The zero-order chi connectivity index (χ0) is 30.1. The molecule has 0 heterocycles. The van der Waals surface area contributed by atoms with Crippen LogP contribution in [0.1, 0.15) is 36.0 Å². The molecule has 0 bridgehead atoms. The first-order valence-electron chi connectivity index (χ1n) is 12.4. The van der Waals surface area contributed by atoms with Crippen LogP contribution in [0, 0.1) is 5.92 Å². The Bertz CT molecular complexity index is 1470. The number of aldehydes is 1. The normalized spacial score (nSPS) is 20.5. The first kappa shape index (κ1) is 30.4. The highest BCUT2D eigenvalue weighted by Crippen LogP contribution is 2.54. The van der Waals surface area contributed by atoms with Crippen molar-refractivity contribution in [1.82, 2.24) is 0 Å². The fraction of sp³-hybridized carbons (Fsp3) is 0.310. The van der Waals surface area contributed by atoms with Gasteiger partial charge in [0.05, 0.1) is 17.4 Å². The Morgan fingerprint density at radius 3 is 1.88 bits per heavy atom. The number of carbonyl (C=O) groups excluding carboxylic acids is 2. The molecule has 2 unspecified atom stereocenters. The number of ketones is 1. The third kappa shape index (κ3) is 5.30. The second kappa shape index (κ2) is 11.1. The second-order valence-corrected chi connectivity index (χ2v) is 12.0. The van der Waals surface area contributed by atoms with Gasteiger partial charge in [-0.15, -0.1) is 0 Å². The van der Waals surface area contributed by atoms with Crippen LogP contribution in [0.5, 0.6) is 0 Å². The van der Waals surface area contributed by atoms with Crippen molar-refractivity contribution in [1.29, 1.82) is 0 Å². The smallest absolute Gasteiger partial charge is 0.349 e. The fourth-order valence-corrected chi connectivity index (χ4v) is 7.38. The van der Waals surface area contributed by atoms with Gasteiger partial charge in [-0.05, 0) is 36.1 Å². The summed E-state index contributed by atoms with van der Waals surface area (Å²) in [6.07, 6.45) is -12.8. The average molecular weight is 599 g/mol. The van der Waals surface area contributed by atoms with Gasteiger partial charge in [0.1, 0.15) is 16.8 Å². The number of sulfone groups is 1. The molecule has 0 amide bonds. The number of carbonyl (C=O) groups is 2. The molecule has 12 heteroatoms. The van der Waals surface area contributed by atoms with E-state index in [4.69, 9.17) is 0 Å². The van der Waals surface area contributed by atoms with Crippen molar-refractivity contribution in [2.75, 3.05) is 0 Å². The Morgan fingerprint density at radius 1 is 0.829 bits per heavy atom. The third-order valence-electron chi connectivity index (χ3n) is 7.38. The summed E-state index contributed by atoms with van der Waals surface area (Å²) < 4.78 is 116. The van der Waals surface area contributed by atoms with Crippen molar-refractivity contribution < 1.29 is 49.1 Å². The minimum absolute atomic E-state index is 0.0710. The predicted molar refractivity (Wildman–Crippen MR) is 135 cm³/mol. The summed E-state index contributed by atoms with van der Waals surface area (Å²) in [5.74, 6) is -1.82. The zero-order valence-electron chi connectivity index (χ0n) is 21.3. The lowest BCUT2D eigenvalue weighted by atomic mass is 9.76. The van der Waals surface area contributed by atoms with E-state index in [9.17, 15) is 44.3 Å². The highest BCUT2D eigenvalue weighted by atomic mass is 32.2. The van der Waals surface area contributed by atoms with E-state index in [0.717, 1.165) is 12.1 Å². The van der Waals surface area contributed by atoms with Crippen LogP contribution in [-0.2, 0) is 41.1 Å². The Balaban J connectivity index is 1.86. The van der Waals surface area contributed by atoms with E-state index in [1.54, 1.807) is 6.07 Å². The third-order valence-corrected chi connectivity index (χ3v) is 9.91. The van der Waals surface area contributed by atoms with E-state index in [1.165, 1.54) is 54.6 Å². The quantitative estimate of drug-likeness (QED) is 0.169. The maximum atomic E-state index is 14.3. The SMILES string of the molecule is O=CC1CC(c2ccc(C(OCc3ccccc3)(C(F)(F)F)C(F)(F)F)cc2)(S(=O)(=O)c2ccccc2)CCC1=O. The molecule has 4 rings (SSSR count). The number of ether oxygens (including phenoxy) is 1. The van der Waals surface area contributed by atoms with Gasteiger partial charge >= 0.3 is 12.4 Å². The molecule has 0 saturated heterocycles. The summed E-state index contributed by atoms with van der Waals surface area (Å²) in [7, 11) is -4.38. The van der Waals surface area contributed by atoms with E-state index in [0.29, 0.717) is 18.4 Å². The van der Waals surface area contributed by atoms with E-state index in [2.05, 4.69) is 4.74 Å². The predicted octanol–water partition coefficient (Wildman–Crippen LogP) is 6.46. The molecular weight excluding hydrogens is 574 g/mol. The number of halogens is 6. The molecule has 1 fully saturated rings. The van der Waals surface area contributed by atoms with Crippen LogP contribution in [-0.4, -0.2) is 32.8 Å². The van der Waals surface area contributed by atoms with Gasteiger partial charge in [0.2, 0.25) is 0 Å². The summed E-state index contributed by atoms with van der Waals surface area (Å²) in [5.41, 5.74) is -6.11. The van der Waals surface area contributed by atoms with Crippen molar-refractivity contribution in [3.63, 3.8) is 0 Å². The summed E-state index contributed by atoms with van der Waals surface area (Å²) in [6.45, 7) is -1.02. The van der Waals surface area contributed by atoms with Crippen LogP contribution >= 0.6 is 0 Å². The molecule has 1 saturated carbocycles. The van der Waals surface area contributed by atoms with Crippen molar-refractivity contribution in [2.24, 2.45) is 5.92 Å². The number of Topliss-reactive ketones (excluding diaryl/α,β-unsaturated/α-hetero) is 1. The van der Waals surface area contributed by atoms with E-state index >= 15 is 0 Å². The lowest BCUT2D eigenvalue weighted by molar-refractivity contribution is -0.392. The van der Waals surface area contributed by atoms with E-state index in [-0.39, 0.29) is 28.9 Å². The number of alkyl halides is 6. The number of benzene rings is 3. The highest BCUT2D eigenvalue weighted by Gasteiger charge is 2.73. The number of hydrogen-bond donors (Lipinski definition) is 0. The topological polar surface area (TPSA) is 77.5 Å². The van der Waals surface area contributed by atoms with Crippen LogP contribution in [0.2, 0.25) is 0 Å². The van der Waals surface area contributed by atoms with Gasteiger partial charge in [0.25, 0.3) is 5.60 Å². The summed E-state index contributed by atoms with van der Waals surface area (Å²) in [4.78, 5) is 23.8. The molecule has 218 valence electrons. The molecule has 0 radical (unpaired) electrons. The lowest BCUT2D eigenvalue weighted by Gasteiger charge is -2.40. The molecular formula is C29H24F6O5S. The van der Waals surface area contributed by atoms with Crippen molar-refractivity contribution in [2.45, 2.75) is 53.5 Å². The van der Waals surface area contributed by atoms with Crippen LogP contribution in [0.15, 0.2) is 89.8 Å². The molecule has 3 aromatic carbocycles. The molecule has 0 N–H and O–H groups in total. The van der Waals surface area contributed by atoms with Gasteiger partial charge in [-0.1, -0.05) is 72.8 Å². The lowest BCUT2D eigenvalue weighted by Crippen LogP contribution is -2.55. The Labute approximate surface area is 232 Å². The second-order valence-electron chi connectivity index (χ2n) is 9.75. The maximum absolute atomic E-state index is 14.3. The standard InChI is InChI=1S/C29H24F6O5S/c30-28(31,32)27(29(33,34)35,40-19-20-7-3-1-4-8-20)23-13-11-22(12-14-23)26(16-15-25(37)21(17-26)18-36)41(38,39)24-9-5-2-6-10-24/h1-14,18,21H,15-17,19H2. The van der Waals surface area contributed by atoms with Crippen molar-refractivity contribution in [3.05, 3.63) is 102 Å².